The van der Waals surface area contributed by atoms with Crippen LogP contribution in [0.4, 0.5) is 0 Å². The van der Waals surface area contributed by atoms with E-state index in [0.717, 1.165) is 11.3 Å². The van der Waals surface area contributed by atoms with Crippen LogP contribution in [-0.2, 0) is 0 Å². The maximum absolute atomic E-state index is 12.3. The second-order valence-corrected chi connectivity index (χ2v) is 4.75. The third-order valence-electron chi connectivity index (χ3n) is 3.26. The van der Waals surface area contributed by atoms with Crippen molar-refractivity contribution in [1.82, 2.24) is 20.6 Å². The largest absolute Gasteiger partial charge is 0.288 e. The Hall–Kier alpha value is -3.52. The average Bonchev–Trinajstić information content (AvgIpc) is 3.07. The summed E-state index contributed by atoms with van der Waals surface area (Å²) in [5, 5.41) is 4.56. The SMILES string of the molecule is C#CNNC(=O)c1cc(-c2ccccc2)nn1-c1ccccc1. The number of para-hydroxylation sites is 1. The minimum absolute atomic E-state index is 0.360. The van der Waals surface area contributed by atoms with Gasteiger partial charge in [0.2, 0.25) is 0 Å². The van der Waals surface area contributed by atoms with Crippen molar-refractivity contribution in [3.63, 3.8) is 0 Å². The molecule has 0 bridgehead atoms. The summed E-state index contributed by atoms with van der Waals surface area (Å²) in [4.78, 5) is 12.3. The van der Waals surface area contributed by atoms with E-state index in [-0.39, 0.29) is 5.91 Å². The second-order valence-electron chi connectivity index (χ2n) is 4.75. The molecule has 1 aromatic heterocycles. The number of nitrogens with one attached hydrogen (secondary N) is 2. The van der Waals surface area contributed by atoms with Gasteiger partial charge in [-0.05, 0) is 18.2 Å². The van der Waals surface area contributed by atoms with E-state index in [4.69, 9.17) is 6.42 Å². The number of hydrogen-bond donors (Lipinski definition) is 2. The molecular formula is C18H14N4O. The number of benzene rings is 2. The van der Waals surface area contributed by atoms with E-state index >= 15 is 0 Å². The van der Waals surface area contributed by atoms with Crippen LogP contribution in [0.1, 0.15) is 10.5 Å². The molecule has 2 N–H and O–H groups in total. The Bertz CT molecular complexity index is 848. The highest BCUT2D eigenvalue weighted by Crippen LogP contribution is 2.21. The molecule has 0 saturated heterocycles. The molecular weight excluding hydrogens is 288 g/mol. The van der Waals surface area contributed by atoms with Gasteiger partial charge in [0.1, 0.15) is 5.69 Å². The Morgan fingerprint density at radius 2 is 1.70 bits per heavy atom. The van der Waals surface area contributed by atoms with Crippen molar-refractivity contribution in [2.75, 3.05) is 0 Å². The van der Waals surface area contributed by atoms with Crippen molar-refractivity contribution in [2.45, 2.75) is 0 Å². The van der Waals surface area contributed by atoms with Gasteiger partial charge in [-0.2, -0.15) is 5.10 Å². The number of nitrogens with zero attached hydrogens (tertiary/aromatic N) is 2. The molecule has 23 heavy (non-hydrogen) atoms. The van der Waals surface area contributed by atoms with Gasteiger partial charge in [-0.1, -0.05) is 55.0 Å². The Kier molecular flexibility index (Phi) is 4.07. The number of hydrogen-bond acceptors (Lipinski definition) is 3. The lowest BCUT2D eigenvalue weighted by atomic mass is 10.1. The fourth-order valence-corrected chi connectivity index (χ4v) is 2.22. The number of carbonyl (C=O) groups is 1. The number of carbonyl (C=O) groups excluding carboxylic acids is 1. The van der Waals surface area contributed by atoms with Crippen molar-refractivity contribution >= 4 is 5.91 Å². The number of amides is 1. The lowest BCUT2D eigenvalue weighted by molar-refractivity contribution is 0.0934. The molecule has 2 aromatic carbocycles. The number of aromatic nitrogens is 2. The van der Waals surface area contributed by atoms with E-state index in [1.54, 1.807) is 10.7 Å². The summed E-state index contributed by atoms with van der Waals surface area (Å²) in [5.41, 5.74) is 7.62. The summed E-state index contributed by atoms with van der Waals surface area (Å²) in [6.07, 6.45) is 5.10. The molecule has 5 heteroatoms. The topological polar surface area (TPSA) is 58.9 Å². The van der Waals surface area contributed by atoms with E-state index in [1.165, 1.54) is 0 Å². The third-order valence-corrected chi connectivity index (χ3v) is 3.26. The van der Waals surface area contributed by atoms with Crippen LogP contribution in [-0.4, -0.2) is 15.7 Å². The van der Waals surface area contributed by atoms with Crippen LogP contribution in [0.15, 0.2) is 66.7 Å². The van der Waals surface area contributed by atoms with Crippen molar-refractivity contribution in [1.29, 1.82) is 0 Å². The Morgan fingerprint density at radius 3 is 2.35 bits per heavy atom. The van der Waals surface area contributed by atoms with E-state index < -0.39 is 0 Å². The molecule has 0 spiro atoms. The average molecular weight is 302 g/mol. The highest BCUT2D eigenvalue weighted by molar-refractivity contribution is 5.94. The molecule has 0 saturated carbocycles. The lowest BCUT2D eigenvalue weighted by Crippen LogP contribution is -2.35. The molecule has 0 atom stereocenters. The summed E-state index contributed by atoms with van der Waals surface area (Å²) in [5.74, 6) is -0.360. The van der Waals surface area contributed by atoms with Gasteiger partial charge in [0.15, 0.2) is 0 Å². The zero-order valence-electron chi connectivity index (χ0n) is 12.2. The van der Waals surface area contributed by atoms with Crippen molar-refractivity contribution < 1.29 is 4.79 Å². The van der Waals surface area contributed by atoms with E-state index in [1.807, 2.05) is 60.7 Å². The van der Waals surface area contributed by atoms with Gasteiger partial charge in [0.25, 0.3) is 5.91 Å². The van der Waals surface area contributed by atoms with Gasteiger partial charge in [0, 0.05) is 11.6 Å². The van der Waals surface area contributed by atoms with Crippen LogP contribution in [0.3, 0.4) is 0 Å². The van der Waals surface area contributed by atoms with Gasteiger partial charge in [-0.3, -0.25) is 15.6 Å². The van der Waals surface area contributed by atoms with Crippen LogP contribution in [0.5, 0.6) is 0 Å². The minimum atomic E-state index is -0.360. The van der Waals surface area contributed by atoms with Gasteiger partial charge in [-0.15, -0.1) is 0 Å². The predicted octanol–water partition coefficient (Wildman–Crippen LogP) is 2.36. The zero-order chi connectivity index (χ0) is 16.1. The van der Waals surface area contributed by atoms with Gasteiger partial charge < -0.3 is 0 Å². The summed E-state index contributed by atoms with van der Waals surface area (Å²) < 4.78 is 1.59. The smallest absolute Gasteiger partial charge is 0.266 e. The molecule has 0 unspecified atom stereocenters. The fraction of sp³-hybridized carbons (Fsp3) is 0. The quantitative estimate of drug-likeness (QED) is 0.442. The monoisotopic (exact) mass is 302 g/mol. The van der Waals surface area contributed by atoms with Crippen LogP contribution < -0.4 is 10.9 Å². The normalized spacial score (nSPS) is 9.87. The Balaban J connectivity index is 2.07. The molecule has 1 amide bonds. The third kappa shape index (κ3) is 3.06. The first-order chi connectivity index (χ1) is 11.3. The molecule has 112 valence electrons. The summed E-state index contributed by atoms with van der Waals surface area (Å²) in [6.45, 7) is 0. The minimum Gasteiger partial charge on any atom is -0.266 e. The molecule has 0 radical (unpaired) electrons. The van der Waals surface area contributed by atoms with Gasteiger partial charge >= 0.3 is 0 Å². The number of terminal acetylenes is 1. The standard InChI is InChI=1S/C18H14N4O/c1-2-19-20-18(23)17-13-16(14-9-5-3-6-10-14)21-22(17)15-11-7-4-8-12-15/h1,3-13,19H,(H,20,23). The first-order valence-corrected chi connectivity index (χ1v) is 7.01. The van der Waals surface area contributed by atoms with Crippen LogP contribution in [0, 0.1) is 12.5 Å². The van der Waals surface area contributed by atoms with E-state index in [2.05, 4.69) is 22.0 Å². The molecule has 1 heterocycles. The molecule has 5 nitrogen and oxygen atoms in total. The summed E-state index contributed by atoms with van der Waals surface area (Å²) in [6, 6.07) is 23.0. The summed E-state index contributed by atoms with van der Waals surface area (Å²) >= 11 is 0. The van der Waals surface area contributed by atoms with Crippen LogP contribution in [0.2, 0.25) is 0 Å². The maximum Gasteiger partial charge on any atom is 0.288 e. The number of rotatable bonds is 4. The molecule has 3 rings (SSSR count). The first kappa shape index (κ1) is 14.4. The zero-order valence-corrected chi connectivity index (χ0v) is 12.2. The van der Waals surface area contributed by atoms with Crippen LogP contribution in [0.25, 0.3) is 16.9 Å². The molecule has 0 aliphatic heterocycles. The van der Waals surface area contributed by atoms with E-state index in [9.17, 15) is 4.79 Å². The van der Waals surface area contributed by atoms with Gasteiger partial charge in [0.05, 0.1) is 11.4 Å². The number of hydrazine groups is 1. The molecule has 3 aromatic rings. The molecule has 0 fully saturated rings. The van der Waals surface area contributed by atoms with Crippen molar-refractivity contribution in [2.24, 2.45) is 0 Å². The highest BCUT2D eigenvalue weighted by atomic mass is 16.2. The molecule has 0 aliphatic carbocycles. The first-order valence-electron chi connectivity index (χ1n) is 7.01. The van der Waals surface area contributed by atoms with Crippen molar-refractivity contribution in [3.05, 3.63) is 72.4 Å². The maximum atomic E-state index is 12.3. The van der Waals surface area contributed by atoms with Crippen molar-refractivity contribution in [3.8, 4) is 29.4 Å². The fourth-order valence-electron chi connectivity index (χ4n) is 2.22. The lowest BCUT2D eigenvalue weighted by Gasteiger charge is -2.07. The second kappa shape index (κ2) is 6.50. The molecule has 0 aliphatic rings. The predicted molar refractivity (Wildman–Crippen MR) is 88.4 cm³/mol. The highest BCUT2D eigenvalue weighted by Gasteiger charge is 2.17. The van der Waals surface area contributed by atoms with E-state index in [0.29, 0.717) is 11.4 Å². The Morgan fingerprint density at radius 1 is 1.04 bits per heavy atom. The summed E-state index contributed by atoms with van der Waals surface area (Å²) in [7, 11) is 0. The Labute approximate surface area is 133 Å². The van der Waals surface area contributed by atoms with Crippen LogP contribution >= 0.6 is 0 Å². The van der Waals surface area contributed by atoms with Gasteiger partial charge in [-0.25, -0.2) is 4.68 Å².